The predicted octanol–water partition coefficient (Wildman–Crippen LogP) is 12.9. The van der Waals surface area contributed by atoms with Gasteiger partial charge in [-0.15, -0.1) is 0 Å². The second-order valence-corrected chi connectivity index (χ2v) is 96.0. The molecular weight excluding hydrogens is 730 g/mol. The van der Waals surface area contributed by atoms with E-state index in [0.29, 0.717) is 40.3 Å². The summed E-state index contributed by atoms with van der Waals surface area (Å²) in [7, 11) is -9.13. The van der Waals surface area contributed by atoms with Gasteiger partial charge in [0.15, 0.2) is 0 Å². The van der Waals surface area contributed by atoms with Gasteiger partial charge in [0.1, 0.15) is 0 Å². The molecule has 0 N–H and O–H groups in total. The van der Waals surface area contributed by atoms with Gasteiger partial charge in [-0.2, -0.15) is 0 Å². The summed E-state index contributed by atoms with van der Waals surface area (Å²) < 4.78 is 0. The van der Waals surface area contributed by atoms with E-state index in [0.717, 1.165) is 0 Å². The Kier molecular flexibility index (Phi) is 13.4. The molecule has 0 bridgehead atoms. The molecule has 1 aliphatic heterocycles. The zero-order valence-electron chi connectivity index (χ0n) is 36.5. The van der Waals surface area contributed by atoms with E-state index < -0.39 is 59.8 Å². The van der Waals surface area contributed by atoms with Gasteiger partial charge in [-0.05, 0) is 40.3 Å². The van der Waals surface area contributed by atoms with Crippen molar-refractivity contribution in [3.8, 4) is 0 Å². The molecule has 0 saturated carbocycles. The smallest absolute Gasteiger partial charge is 0.0456 e. The van der Waals surface area contributed by atoms with Crippen LogP contribution < -0.4 is 0 Å². The summed E-state index contributed by atoms with van der Waals surface area (Å²) in [4.78, 5) is 0. The molecule has 8 radical (unpaired) electrons. The predicted molar refractivity (Wildman–Crippen MR) is 233 cm³/mol. The van der Waals surface area contributed by atoms with Crippen molar-refractivity contribution >= 4 is 77.4 Å². The van der Waals surface area contributed by atoms with Crippen LogP contribution in [0.3, 0.4) is 0 Å². The molecule has 0 unspecified atom stereocenters. The molecule has 0 aromatic rings. The van der Waals surface area contributed by atoms with E-state index in [1.807, 2.05) is 0 Å². The van der Waals surface area contributed by atoms with E-state index >= 15 is 0 Å². The van der Waals surface area contributed by atoms with Gasteiger partial charge in [0.25, 0.3) is 0 Å². The number of hydrogen-bond donors (Lipinski definition) is 0. The molecule has 0 aromatic carbocycles. The van der Waals surface area contributed by atoms with Crippen LogP contribution in [0.2, 0.25) is 66.5 Å². The van der Waals surface area contributed by atoms with Crippen molar-refractivity contribution < 1.29 is 0 Å². The maximum absolute atomic E-state index is 3.04. The summed E-state index contributed by atoms with van der Waals surface area (Å²) in [6.45, 7) is 78.1. The Labute approximate surface area is 307 Å². The van der Waals surface area contributed by atoms with Gasteiger partial charge in [-0.1, -0.05) is 192 Å². The van der Waals surface area contributed by atoms with Gasteiger partial charge in [0, 0.05) is 77.4 Å². The molecule has 1 fully saturated rings. The molecule has 0 atom stereocenters. The molecule has 0 aromatic heterocycles. The summed E-state index contributed by atoms with van der Waals surface area (Å²) in [5, 5.41) is 3.53. The van der Waals surface area contributed by atoms with Gasteiger partial charge in [-0.3, -0.25) is 0 Å². The first-order valence-electron chi connectivity index (χ1n) is 18.0. The summed E-state index contributed by atoms with van der Waals surface area (Å²) in [5.41, 5.74) is 0. The topological polar surface area (TPSA) is 0 Å². The van der Waals surface area contributed by atoms with Crippen LogP contribution in [0.25, 0.3) is 0 Å². The van der Waals surface area contributed by atoms with Crippen molar-refractivity contribution in [3.05, 3.63) is 0 Å². The minimum Gasteiger partial charge on any atom is -0.0710 e. The van der Waals surface area contributed by atoms with Crippen LogP contribution >= 0.6 is 0 Å². The van der Waals surface area contributed by atoms with Crippen molar-refractivity contribution in [1.29, 1.82) is 0 Å². The Morgan fingerprint density at radius 1 is 0.222 bits per heavy atom. The zero-order valence-corrected chi connectivity index (χ0v) is 46.6. The van der Waals surface area contributed by atoms with E-state index in [1.54, 1.807) is 0 Å². The standard InChI is InChI=1S/C36H84Si8.Ge/c1-29(2,3)41(25,30(4,5)6)37-38(42(26,31(7,8)9)32(10,11)12)40(44(28,35(19,20)21)36(22,23)24)39(37)43(27,33(13,14)15)34(16,17)18;/h1-28H3;. The maximum atomic E-state index is 3.04. The average molecular weight is 814 g/mol. The SMILES string of the molecule is CC(C)(C)[Si](C)([Si]1[Si]([Si](C)(C(C)(C)C)C(C)(C)C)[Si]([Si](C)(C(C)(C)C)C(C)(C)C)[Si]1[Si](C)(C(C)(C)C)C(C)(C)C)C(C)(C)C.[Ge]. The van der Waals surface area contributed by atoms with Gasteiger partial charge >= 0.3 is 0 Å². The first-order valence-corrected chi connectivity index (χ1v) is 42.0. The van der Waals surface area contributed by atoms with Crippen LogP contribution in [-0.2, 0) is 0 Å². The fourth-order valence-electron chi connectivity index (χ4n) is 9.94. The van der Waals surface area contributed by atoms with E-state index in [-0.39, 0.29) is 17.6 Å². The van der Waals surface area contributed by atoms with Crippen LogP contribution in [0.15, 0.2) is 0 Å². The van der Waals surface area contributed by atoms with Crippen LogP contribution in [-0.4, -0.2) is 77.4 Å². The molecule has 45 heavy (non-hydrogen) atoms. The third-order valence-electron chi connectivity index (χ3n) is 15.0. The fourth-order valence-corrected chi connectivity index (χ4v) is 353. The minimum atomic E-state index is -1.76. The normalized spacial score (nSPS) is 19.5. The molecular formula is C36H84GeSi8. The van der Waals surface area contributed by atoms with Crippen LogP contribution in [0.4, 0.5) is 0 Å². The zero-order chi connectivity index (χ0) is 36.3. The molecule has 1 saturated heterocycles. The van der Waals surface area contributed by atoms with Crippen molar-refractivity contribution in [2.24, 2.45) is 0 Å². The van der Waals surface area contributed by atoms with Crippen LogP contribution in [0.5, 0.6) is 0 Å². The Morgan fingerprint density at radius 2 is 0.289 bits per heavy atom. The number of rotatable bonds is 4. The van der Waals surface area contributed by atoms with Gasteiger partial charge in [-0.25, -0.2) is 0 Å². The quantitative estimate of drug-likeness (QED) is 0.248. The Morgan fingerprint density at radius 3 is 0.333 bits per heavy atom. The van der Waals surface area contributed by atoms with E-state index in [9.17, 15) is 0 Å². The number of hydrogen-bond acceptors (Lipinski definition) is 0. The average Bonchev–Trinajstić information content (AvgIpc) is 2.65. The minimum absolute atomic E-state index is 0. The van der Waals surface area contributed by atoms with Gasteiger partial charge in [0.2, 0.25) is 0 Å². The molecule has 0 amide bonds. The van der Waals surface area contributed by atoms with Crippen LogP contribution in [0, 0.1) is 0 Å². The molecule has 1 rings (SSSR count). The van der Waals surface area contributed by atoms with Crippen LogP contribution in [0.1, 0.15) is 166 Å². The summed E-state index contributed by atoms with van der Waals surface area (Å²) in [6.07, 6.45) is 0. The summed E-state index contributed by atoms with van der Waals surface area (Å²) >= 11 is 0. The molecule has 1 heterocycles. The molecule has 264 valence electrons. The monoisotopic (exact) mass is 814 g/mol. The second kappa shape index (κ2) is 12.7. The third kappa shape index (κ3) is 6.95. The molecule has 0 spiro atoms. The summed E-state index contributed by atoms with van der Waals surface area (Å²) in [5.74, 6) is 0. The van der Waals surface area contributed by atoms with Gasteiger partial charge in [0.05, 0.1) is 0 Å². The molecule has 0 nitrogen and oxygen atoms in total. The van der Waals surface area contributed by atoms with E-state index in [2.05, 4.69) is 192 Å². The third-order valence-corrected chi connectivity index (χ3v) is 189. The van der Waals surface area contributed by atoms with Crippen molar-refractivity contribution in [3.63, 3.8) is 0 Å². The van der Waals surface area contributed by atoms with Gasteiger partial charge < -0.3 is 0 Å². The Balaban J connectivity index is 0.0000194. The molecule has 0 aliphatic carbocycles. The fraction of sp³-hybridized carbons (Fsp3) is 1.00. The largest absolute Gasteiger partial charge is 0.0710 e. The summed E-state index contributed by atoms with van der Waals surface area (Å²) in [6, 6.07) is 0. The second-order valence-electron chi connectivity index (χ2n) is 24.0. The molecule has 1 aliphatic rings. The van der Waals surface area contributed by atoms with Crippen molar-refractivity contribution in [2.75, 3.05) is 0 Å². The Bertz CT molecular complexity index is 795. The maximum Gasteiger partial charge on any atom is 0.0456 e. The first-order chi connectivity index (χ1) is 18.5. The molecule has 9 heteroatoms. The van der Waals surface area contributed by atoms with E-state index in [1.165, 1.54) is 0 Å². The Hall–Kier alpha value is 2.28. The van der Waals surface area contributed by atoms with E-state index in [4.69, 9.17) is 0 Å². The van der Waals surface area contributed by atoms with Crippen molar-refractivity contribution in [2.45, 2.75) is 233 Å². The first kappa shape index (κ1) is 47.3. The van der Waals surface area contributed by atoms with Crippen molar-refractivity contribution in [1.82, 2.24) is 0 Å².